The summed E-state index contributed by atoms with van der Waals surface area (Å²) >= 11 is 0. The number of esters is 1. The summed E-state index contributed by atoms with van der Waals surface area (Å²) < 4.78 is 9.87. The van der Waals surface area contributed by atoms with Crippen molar-refractivity contribution in [3.63, 3.8) is 0 Å². The van der Waals surface area contributed by atoms with Crippen LogP contribution in [-0.2, 0) is 19.1 Å². The van der Waals surface area contributed by atoms with Gasteiger partial charge in [-0.15, -0.1) is 0 Å². The zero-order chi connectivity index (χ0) is 16.8. The van der Waals surface area contributed by atoms with Crippen LogP contribution in [-0.4, -0.2) is 37.5 Å². The van der Waals surface area contributed by atoms with E-state index in [1.54, 1.807) is 24.3 Å². The topological polar surface area (TPSA) is 97.0 Å². The number of ether oxygens (including phenoxy) is 2. The minimum Gasteiger partial charge on any atom is -0.495 e. The zero-order valence-electron chi connectivity index (χ0n) is 12.8. The van der Waals surface area contributed by atoms with Crippen molar-refractivity contribution < 1.29 is 23.9 Å². The lowest BCUT2D eigenvalue weighted by atomic mass is 9.95. The molecule has 23 heavy (non-hydrogen) atoms. The molecular weight excluding hydrogens is 302 g/mol. The van der Waals surface area contributed by atoms with Crippen molar-refractivity contribution >= 4 is 23.5 Å². The molecule has 2 aliphatic rings. The molecule has 8 heteroatoms. The standard InChI is InChI=1S/C15H15N3O5/c1-15-10(11(16-17-15)13(20)23-3)12(19)18(14(15)21)8-6-4-5-7-9(8)22-2/h4-7,16-17H,1-3H3. The molecule has 0 aromatic heterocycles. The predicted molar refractivity (Wildman–Crippen MR) is 79.2 cm³/mol. The Hall–Kier alpha value is -2.87. The van der Waals surface area contributed by atoms with Gasteiger partial charge in [-0.2, -0.15) is 0 Å². The molecule has 0 aliphatic carbocycles. The zero-order valence-corrected chi connectivity index (χ0v) is 12.8. The van der Waals surface area contributed by atoms with Crippen molar-refractivity contribution in [1.29, 1.82) is 0 Å². The third-order valence-corrected chi connectivity index (χ3v) is 3.95. The molecule has 2 heterocycles. The van der Waals surface area contributed by atoms with Crippen LogP contribution >= 0.6 is 0 Å². The average molecular weight is 317 g/mol. The Kier molecular flexibility index (Phi) is 3.33. The molecule has 1 aromatic carbocycles. The minimum atomic E-state index is -1.35. The van der Waals surface area contributed by atoms with Crippen molar-refractivity contribution in [2.75, 3.05) is 19.1 Å². The highest BCUT2D eigenvalue weighted by atomic mass is 16.5. The highest BCUT2D eigenvalue weighted by molar-refractivity contribution is 6.35. The van der Waals surface area contributed by atoms with E-state index in [4.69, 9.17) is 4.74 Å². The molecule has 0 spiro atoms. The van der Waals surface area contributed by atoms with E-state index in [-0.39, 0.29) is 11.3 Å². The number of benzene rings is 1. The molecule has 1 saturated heterocycles. The van der Waals surface area contributed by atoms with Crippen LogP contribution in [0, 0.1) is 0 Å². The van der Waals surface area contributed by atoms with Crippen molar-refractivity contribution in [3.05, 3.63) is 35.5 Å². The van der Waals surface area contributed by atoms with Crippen LogP contribution in [0.5, 0.6) is 5.75 Å². The highest BCUT2D eigenvalue weighted by Crippen LogP contribution is 2.40. The van der Waals surface area contributed by atoms with Gasteiger partial charge in [0.25, 0.3) is 11.8 Å². The second-order valence-electron chi connectivity index (χ2n) is 5.23. The van der Waals surface area contributed by atoms with Gasteiger partial charge in [0.1, 0.15) is 17.0 Å². The molecule has 2 amide bonds. The van der Waals surface area contributed by atoms with Crippen molar-refractivity contribution in [2.45, 2.75) is 12.5 Å². The second-order valence-corrected chi connectivity index (χ2v) is 5.23. The summed E-state index contributed by atoms with van der Waals surface area (Å²) in [4.78, 5) is 38.4. The van der Waals surface area contributed by atoms with Gasteiger partial charge in [0.2, 0.25) is 0 Å². The van der Waals surface area contributed by atoms with Crippen LogP contribution in [0.3, 0.4) is 0 Å². The average Bonchev–Trinajstić information content (AvgIpc) is 3.01. The smallest absolute Gasteiger partial charge is 0.356 e. The fraction of sp³-hybridized carbons (Fsp3) is 0.267. The molecule has 2 aliphatic heterocycles. The molecular formula is C15H15N3O5. The number of hydrogen-bond acceptors (Lipinski definition) is 7. The number of carbonyl (C=O) groups is 3. The van der Waals surface area contributed by atoms with Crippen LogP contribution < -0.4 is 20.5 Å². The Morgan fingerprint density at radius 1 is 1.22 bits per heavy atom. The van der Waals surface area contributed by atoms with E-state index in [9.17, 15) is 14.4 Å². The Morgan fingerprint density at radius 3 is 2.57 bits per heavy atom. The van der Waals surface area contributed by atoms with Gasteiger partial charge in [-0.1, -0.05) is 12.1 Å². The maximum absolute atomic E-state index is 12.8. The fourth-order valence-electron chi connectivity index (χ4n) is 2.76. The lowest BCUT2D eigenvalue weighted by Crippen LogP contribution is -2.51. The Labute approximate surface area is 132 Å². The van der Waals surface area contributed by atoms with E-state index in [0.717, 1.165) is 4.90 Å². The molecule has 0 bridgehead atoms. The van der Waals surface area contributed by atoms with Crippen LogP contribution in [0.4, 0.5) is 5.69 Å². The molecule has 8 nitrogen and oxygen atoms in total. The van der Waals surface area contributed by atoms with Crippen molar-refractivity contribution in [2.24, 2.45) is 0 Å². The van der Waals surface area contributed by atoms with E-state index in [1.165, 1.54) is 21.1 Å². The summed E-state index contributed by atoms with van der Waals surface area (Å²) in [5.74, 6) is -1.45. The second kappa shape index (κ2) is 5.10. The molecule has 1 aromatic rings. The highest BCUT2D eigenvalue weighted by Gasteiger charge is 2.59. The SMILES string of the molecule is COC(=O)C1=C2C(=O)N(c3ccccc3OC)C(=O)C2(C)NN1. The van der Waals surface area contributed by atoms with Gasteiger partial charge in [0.15, 0.2) is 0 Å². The van der Waals surface area contributed by atoms with Crippen LogP contribution in [0.25, 0.3) is 0 Å². The van der Waals surface area contributed by atoms with Crippen LogP contribution in [0.1, 0.15) is 6.92 Å². The third kappa shape index (κ3) is 1.92. The van der Waals surface area contributed by atoms with Crippen molar-refractivity contribution in [3.8, 4) is 5.75 Å². The van der Waals surface area contributed by atoms with Gasteiger partial charge >= 0.3 is 5.97 Å². The fourth-order valence-corrected chi connectivity index (χ4v) is 2.76. The summed E-state index contributed by atoms with van der Waals surface area (Å²) in [5, 5.41) is 0. The summed E-state index contributed by atoms with van der Waals surface area (Å²) in [6.45, 7) is 1.53. The van der Waals surface area contributed by atoms with E-state index in [1.807, 2.05) is 0 Å². The van der Waals surface area contributed by atoms with Gasteiger partial charge in [0.05, 0.1) is 25.5 Å². The number of nitrogens with one attached hydrogen (secondary N) is 2. The molecule has 1 atom stereocenters. The molecule has 1 fully saturated rings. The van der Waals surface area contributed by atoms with Crippen molar-refractivity contribution in [1.82, 2.24) is 10.9 Å². The quantitative estimate of drug-likeness (QED) is 0.591. The number of amides is 2. The van der Waals surface area contributed by atoms with Gasteiger partial charge < -0.3 is 14.9 Å². The summed E-state index contributed by atoms with van der Waals surface area (Å²) in [7, 11) is 2.65. The number of methoxy groups -OCH3 is 2. The number of nitrogens with zero attached hydrogens (tertiary/aromatic N) is 1. The first kappa shape index (κ1) is 15.0. The number of fused-ring (bicyclic) bond motifs is 1. The van der Waals surface area contributed by atoms with Gasteiger partial charge in [-0.25, -0.2) is 15.1 Å². The van der Waals surface area contributed by atoms with Crippen LogP contribution in [0.15, 0.2) is 35.5 Å². The molecule has 120 valence electrons. The first-order valence-corrected chi connectivity index (χ1v) is 6.84. The van der Waals surface area contributed by atoms with Crippen LogP contribution in [0.2, 0.25) is 0 Å². The number of anilines is 1. The minimum absolute atomic E-state index is 0.0280. The first-order valence-electron chi connectivity index (χ1n) is 6.84. The Morgan fingerprint density at radius 2 is 1.91 bits per heavy atom. The Balaban J connectivity index is 2.16. The maximum atomic E-state index is 12.8. The summed E-state index contributed by atoms with van der Waals surface area (Å²) in [5.41, 5.74) is 4.20. The predicted octanol–water partition coefficient (Wildman–Crippen LogP) is -0.138. The van der Waals surface area contributed by atoms with E-state index in [2.05, 4.69) is 15.6 Å². The molecule has 2 N–H and O–H groups in total. The molecule has 0 radical (unpaired) electrons. The summed E-state index contributed by atoms with van der Waals surface area (Å²) in [6, 6.07) is 6.67. The Bertz CT molecular complexity index is 757. The number of hydrazine groups is 1. The largest absolute Gasteiger partial charge is 0.495 e. The molecule has 0 saturated carbocycles. The number of rotatable bonds is 3. The normalized spacial score (nSPS) is 23.0. The monoisotopic (exact) mass is 317 g/mol. The number of carbonyl (C=O) groups excluding carboxylic acids is 3. The first-order chi connectivity index (χ1) is 11.0. The summed E-state index contributed by atoms with van der Waals surface area (Å²) in [6.07, 6.45) is 0. The molecule has 1 unspecified atom stereocenters. The van der Waals surface area contributed by atoms with E-state index < -0.39 is 23.3 Å². The lowest BCUT2D eigenvalue weighted by molar-refractivity contribution is -0.137. The lowest BCUT2D eigenvalue weighted by Gasteiger charge is -2.21. The molecule has 3 rings (SSSR count). The van der Waals surface area contributed by atoms with E-state index >= 15 is 0 Å². The number of hydrogen-bond donors (Lipinski definition) is 2. The van der Waals surface area contributed by atoms with E-state index in [0.29, 0.717) is 11.4 Å². The van der Waals surface area contributed by atoms with Gasteiger partial charge in [0, 0.05) is 0 Å². The number of imide groups is 1. The van der Waals surface area contributed by atoms with Gasteiger partial charge in [-0.05, 0) is 19.1 Å². The number of para-hydroxylation sites is 2. The third-order valence-electron chi connectivity index (χ3n) is 3.95. The maximum Gasteiger partial charge on any atom is 0.356 e. The van der Waals surface area contributed by atoms with Gasteiger partial charge in [-0.3, -0.25) is 9.59 Å².